The molecule has 0 radical (unpaired) electrons. The van der Waals surface area contributed by atoms with E-state index >= 15 is 0 Å². The summed E-state index contributed by atoms with van der Waals surface area (Å²) in [5.74, 6) is -0.211. The molecule has 3 aromatic rings. The van der Waals surface area contributed by atoms with Crippen LogP contribution in [0.4, 0.5) is 5.13 Å². The first-order chi connectivity index (χ1) is 17.9. The van der Waals surface area contributed by atoms with E-state index in [4.69, 9.17) is 9.72 Å². The molecule has 1 aromatic heterocycles. The molecule has 1 saturated heterocycles. The molecule has 0 bridgehead atoms. The second kappa shape index (κ2) is 11.5. The number of carbonyl (C=O) groups excluding carboxylic acids is 1. The van der Waals surface area contributed by atoms with E-state index in [1.165, 1.54) is 17.8 Å². The first-order valence-electron chi connectivity index (χ1n) is 13.0. The van der Waals surface area contributed by atoms with E-state index in [1.807, 2.05) is 25.1 Å². The monoisotopic (exact) mass is 605 g/mol. The number of aromatic nitrogens is 1. The van der Waals surface area contributed by atoms with E-state index in [1.54, 1.807) is 33.5 Å². The van der Waals surface area contributed by atoms with Crippen LogP contribution in [0.1, 0.15) is 62.2 Å². The molecule has 2 fully saturated rings. The lowest BCUT2D eigenvalue weighted by Crippen LogP contribution is -2.41. The van der Waals surface area contributed by atoms with Gasteiger partial charge in [-0.3, -0.25) is 9.69 Å². The highest BCUT2D eigenvalue weighted by Crippen LogP contribution is 2.33. The Labute approximate surface area is 231 Å². The molecule has 1 amide bonds. The highest BCUT2D eigenvalue weighted by atomic mass is 79.9. The summed E-state index contributed by atoms with van der Waals surface area (Å²) < 4.78 is 36.3. The number of halogens is 1. The van der Waals surface area contributed by atoms with Gasteiger partial charge >= 0.3 is 0 Å². The lowest BCUT2D eigenvalue weighted by molar-refractivity contribution is 0.0917. The number of hydrogen-bond donors (Lipinski definition) is 0. The van der Waals surface area contributed by atoms with Crippen LogP contribution in [-0.2, 0) is 14.8 Å². The minimum Gasteiger partial charge on any atom is -0.376 e. The summed E-state index contributed by atoms with van der Waals surface area (Å²) in [7, 11) is -3.63. The number of ether oxygens (including phenoxy) is 1. The van der Waals surface area contributed by atoms with Crippen LogP contribution in [0.25, 0.3) is 10.2 Å². The maximum atomic E-state index is 13.7. The third kappa shape index (κ3) is 5.78. The molecule has 2 aromatic carbocycles. The molecule has 1 aliphatic carbocycles. The Bertz CT molecular complexity index is 1350. The number of sulfonamides is 1. The zero-order valence-corrected chi connectivity index (χ0v) is 24.2. The van der Waals surface area contributed by atoms with Crippen molar-refractivity contribution in [2.45, 2.75) is 68.9 Å². The second-order valence-electron chi connectivity index (χ2n) is 9.68. The smallest absolute Gasteiger partial charge is 0.260 e. The van der Waals surface area contributed by atoms with Gasteiger partial charge in [0.1, 0.15) is 0 Å². The van der Waals surface area contributed by atoms with Crippen LogP contribution < -0.4 is 4.90 Å². The first-order valence-corrected chi connectivity index (χ1v) is 16.0. The molecule has 10 heteroatoms. The molecule has 1 saturated carbocycles. The van der Waals surface area contributed by atoms with Gasteiger partial charge in [0.15, 0.2) is 5.13 Å². The van der Waals surface area contributed by atoms with Crippen molar-refractivity contribution < 1.29 is 17.9 Å². The SMILES string of the molecule is CCN(C1CCCCC1)S(=O)(=O)c1ccc(C(=O)N(CC2CCCO2)c2nc3ccc(Br)cc3s2)cc1. The summed E-state index contributed by atoms with van der Waals surface area (Å²) >= 11 is 4.97. The quantitative estimate of drug-likeness (QED) is 0.304. The highest BCUT2D eigenvalue weighted by Gasteiger charge is 2.32. The van der Waals surface area contributed by atoms with Crippen molar-refractivity contribution in [3.8, 4) is 0 Å². The van der Waals surface area contributed by atoms with E-state index < -0.39 is 10.0 Å². The summed E-state index contributed by atoms with van der Waals surface area (Å²) in [5, 5.41) is 0.611. The molecular weight excluding hydrogens is 574 g/mol. The van der Waals surface area contributed by atoms with Gasteiger partial charge in [0.25, 0.3) is 5.91 Å². The summed E-state index contributed by atoms with van der Waals surface area (Å²) in [6.07, 6.45) is 6.92. The molecule has 37 heavy (non-hydrogen) atoms. The number of nitrogens with zero attached hydrogens (tertiary/aromatic N) is 3. The van der Waals surface area contributed by atoms with Crippen molar-refractivity contribution in [1.82, 2.24) is 9.29 Å². The number of carbonyl (C=O) groups is 1. The Morgan fingerprint density at radius 2 is 1.84 bits per heavy atom. The number of amides is 1. The average molecular weight is 607 g/mol. The van der Waals surface area contributed by atoms with Gasteiger partial charge in [0.05, 0.1) is 27.8 Å². The second-order valence-corrected chi connectivity index (χ2v) is 13.5. The summed E-state index contributed by atoms with van der Waals surface area (Å²) in [6.45, 7) is 3.44. The Kier molecular flexibility index (Phi) is 8.31. The van der Waals surface area contributed by atoms with Gasteiger partial charge in [-0.25, -0.2) is 13.4 Å². The Balaban J connectivity index is 1.42. The number of fused-ring (bicyclic) bond motifs is 1. The van der Waals surface area contributed by atoms with Gasteiger partial charge < -0.3 is 4.74 Å². The Morgan fingerprint density at radius 3 is 2.51 bits per heavy atom. The number of benzene rings is 2. The van der Waals surface area contributed by atoms with Crippen molar-refractivity contribution in [2.24, 2.45) is 0 Å². The fraction of sp³-hybridized carbons (Fsp3) is 0.481. The van der Waals surface area contributed by atoms with Crippen LogP contribution in [0, 0.1) is 0 Å². The molecule has 2 heterocycles. The van der Waals surface area contributed by atoms with Gasteiger partial charge in [-0.15, -0.1) is 0 Å². The molecular formula is C27H32BrN3O4S2. The van der Waals surface area contributed by atoms with Crippen LogP contribution in [-0.4, -0.2) is 55.5 Å². The molecule has 7 nitrogen and oxygen atoms in total. The zero-order chi connectivity index (χ0) is 26.0. The van der Waals surface area contributed by atoms with E-state index in [9.17, 15) is 13.2 Å². The maximum absolute atomic E-state index is 13.7. The summed E-state index contributed by atoms with van der Waals surface area (Å²) in [4.78, 5) is 20.4. The van der Waals surface area contributed by atoms with Crippen LogP contribution in [0.5, 0.6) is 0 Å². The number of thiazole rings is 1. The fourth-order valence-electron chi connectivity index (χ4n) is 5.30. The minimum absolute atomic E-state index is 0.0454. The molecule has 2 aliphatic rings. The van der Waals surface area contributed by atoms with Gasteiger partial charge in [-0.1, -0.05) is 53.5 Å². The third-order valence-electron chi connectivity index (χ3n) is 7.23. The van der Waals surface area contributed by atoms with Crippen LogP contribution in [0.2, 0.25) is 0 Å². The standard InChI is InChI=1S/C27H32BrN3O4S2/c1-2-31(21-7-4-3-5-8-21)37(33,34)23-13-10-19(11-14-23)26(32)30(18-22-9-6-16-35-22)27-29-24-15-12-20(28)17-25(24)36-27/h10-15,17,21-22H,2-9,16,18H2,1H3. The first kappa shape index (κ1) is 26.7. The van der Waals surface area contributed by atoms with Crippen LogP contribution in [0.15, 0.2) is 51.8 Å². The van der Waals surface area contributed by atoms with Crippen molar-refractivity contribution in [2.75, 3.05) is 24.6 Å². The molecule has 1 aliphatic heterocycles. The van der Waals surface area contributed by atoms with Gasteiger partial charge in [-0.05, 0) is 68.1 Å². The fourth-order valence-corrected chi connectivity index (χ4v) is 8.51. The van der Waals surface area contributed by atoms with Crippen molar-refractivity contribution >= 4 is 58.5 Å². The van der Waals surface area contributed by atoms with Crippen molar-refractivity contribution in [3.05, 3.63) is 52.5 Å². The number of anilines is 1. The molecule has 198 valence electrons. The van der Waals surface area contributed by atoms with E-state index in [0.717, 1.165) is 53.2 Å². The van der Waals surface area contributed by atoms with Crippen molar-refractivity contribution in [1.29, 1.82) is 0 Å². The Morgan fingerprint density at radius 1 is 1.08 bits per heavy atom. The minimum atomic E-state index is -3.63. The van der Waals surface area contributed by atoms with E-state index in [0.29, 0.717) is 30.4 Å². The van der Waals surface area contributed by atoms with Gasteiger partial charge in [0.2, 0.25) is 10.0 Å². The maximum Gasteiger partial charge on any atom is 0.260 e. The molecule has 0 N–H and O–H groups in total. The normalized spacial score (nSPS) is 19.1. The molecule has 1 unspecified atom stereocenters. The summed E-state index contributed by atoms with van der Waals surface area (Å²) in [5.41, 5.74) is 1.26. The molecule has 0 spiro atoms. The topological polar surface area (TPSA) is 79.8 Å². The van der Waals surface area contributed by atoms with Gasteiger partial charge in [0, 0.05) is 29.2 Å². The average Bonchev–Trinajstić information content (AvgIpc) is 3.57. The lowest BCUT2D eigenvalue weighted by Gasteiger charge is -2.32. The number of hydrogen-bond acceptors (Lipinski definition) is 6. The third-order valence-corrected chi connectivity index (χ3v) is 10.8. The van der Waals surface area contributed by atoms with Crippen LogP contribution in [0.3, 0.4) is 0 Å². The summed E-state index contributed by atoms with van der Waals surface area (Å²) in [6, 6.07) is 12.3. The van der Waals surface area contributed by atoms with E-state index in [-0.39, 0.29) is 22.9 Å². The van der Waals surface area contributed by atoms with Crippen LogP contribution >= 0.6 is 27.3 Å². The Hall–Kier alpha value is -1.85. The number of rotatable bonds is 8. The predicted molar refractivity (Wildman–Crippen MR) is 151 cm³/mol. The van der Waals surface area contributed by atoms with E-state index in [2.05, 4.69) is 15.9 Å². The largest absolute Gasteiger partial charge is 0.376 e. The molecule has 1 atom stereocenters. The highest BCUT2D eigenvalue weighted by molar-refractivity contribution is 9.10. The van der Waals surface area contributed by atoms with Crippen molar-refractivity contribution in [3.63, 3.8) is 0 Å². The molecule has 5 rings (SSSR count). The lowest BCUT2D eigenvalue weighted by atomic mass is 9.95. The van der Waals surface area contributed by atoms with Gasteiger partial charge in [-0.2, -0.15) is 4.31 Å². The predicted octanol–water partition coefficient (Wildman–Crippen LogP) is 6.23. The zero-order valence-electron chi connectivity index (χ0n) is 20.9.